The summed E-state index contributed by atoms with van der Waals surface area (Å²) in [6.07, 6.45) is 2.30. The molecule has 22 heavy (non-hydrogen) atoms. The summed E-state index contributed by atoms with van der Waals surface area (Å²) in [5.41, 5.74) is 0.880. The third-order valence-corrected chi connectivity index (χ3v) is 5.30. The van der Waals surface area contributed by atoms with Crippen LogP contribution in [-0.4, -0.2) is 47.3 Å². The maximum absolute atomic E-state index is 11.9. The molecule has 1 fully saturated rings. The van der Waals surface area contributed by atoms with Crippen LogP contribution in [0.2, 0.25) is 0 Å². The standard InChI is InChI=1S/C14H16N4O3S/c19-14(11-17-8-4-10-22(17,20)21)15-13-7-9-18(16-13)12-5-2-1-3-6-12/h1-3,5-7,9H,4,8,10-11H2,(H,15,16,19). The highest BCUT2D eigenvalue weighted by atomic mass is 32.2. The summed E-state index contributed by atoms with van der Waals surface area (Å²) in [6, 6.07) is 11.2. The van der Waals surface area contributed by atoms with Crippen molar-refractivity contribution in [2.75, 3.05) is 24.2 Å². The van der Waals surface area contributed by atoms with Crippen molar-refractivity contribution in [3.63, 3.8) is 0 Å². The maximum atomic E-state index is 11.9. The molecule has 2 heterocycles. The minimum atomic E-state index is -3.27. The predicted octanol–water partition coefficient (Wildman–Crippen LogP) is 0.846. The van der Waals surface area contributed by atoms with E-state index in [0.717, 1.165) is 5.69 Å². The molecule has 0 unspecified atom stereocenters. The normalized spacial score (nSPS) is 17.5. The van der Waals surface area contributed by atoms with E-state index in [1.54, 1.807) is 16.9 Å². The van der Waals surface area contributed by atoms with Crippen LogP contribution in [0.4, 0.5) is 5.82 Å². The molecule has 1 amide bonds. The zero-order chi connectivity index (χ0) is 15.6. The molecular weight excluding hydrogens is 304 g/mol. The van der Waals surface area contributed by atoms with Crippen LogP contribution in [0.5, 0.6) is 0 Å². The number of rotatable bonds is 4. The van der Waals surface area contributed by atoms with Crippen molar-refractivity contribution in [3.8, 4) is 5.69 Å². The van der Waals surface area contributed by atoms with Gasteiger partial charge in [0.1, 0.15) is 0 Å². The van der Waals surface area contributed by atoms with Gasteiger partial charge < -0.3 is 5.32 Å². The molecule has 0 bridgehead atoms. The summed E-state index contributed by atoms with van der Waals surface area (Å²) in [5.74, 6) is 0.123. The number of carbonyl (C=O) groups is 1. The third kappa shape index (κ3) is 3.18. The molecule has 1 aromatic carbocycles. The lowest BCUT2D eigenvalue weighted by Crippen LogP contribution is -2.34. The van der Waals surface area contributed by atoms with Crippen molar-refractivity contribution in [3.05, 3.63) is 42.6 Å². The first-order chi connectivity index (χ1) is 10.5. The fraction of sp³-hybridized carbons (Fsp3) is 0.286. The molecule has 2 aromatic rings. The van der Waals surface area contributed by atoms with Gasteiger partial charge in [0, 0.05) is 18.8 Å². The second-order valence-corrected chi connectivity index (χ2v) is 7.12. The van der Waals surface area contributed by atoms with Crippen LogP contribution in [0.25, 0.3) is 5.69 Å². The Labute approximate surface area is 128 Å². The van der Waals surface area contributed by atoms with Gasteiger partial charge in [0.15, 0.2) is 5.82 Å². The number of sulfonamides is 1. The Morgan fingerprint density at radius 1 is 1.23 bits per heavy atom. The van der Waals surface area contributed by atoms with Gasteiger partial charge in [0.05, 0.1) is 18.0 Å². The molecule has 0 atom stereocenters. The molecule has 1 aliphatic heterocycles. The number of amides is 1. The summed E-state index contributed by atoms with van der Waals surface area (Å²) in [5, 5.41) is 6.87. The SMILES string of the molecule is O=C(CN1CCCS1(=O)=O)Nc1ccn(-c2ccccc2)n1. The number of aromatic nitrogens is 2. The number of carbonyl (C=O) groups excluding carboxylic acids is 1. The van der Waals surface area contributed by atoms with Crippen LogP contribution in [0.15, 0.2) is 42.6 Å². The lowest BCUT2D eigenvalue weighted by atomic mass is 10.3. The highest BCUT2D eigenvalue weighted by molar-refractivity contribution is 7.89. The fourth-order valence-corrected chi connectivity index (χ4v) is 3.80. The number of para-hydroxylation sites is 1. The van der Waals surface area contributed by atoms with E-state index in [1.165, 1.54) is 4.31 Å². The minimum absolute atomic E-state index is 0.114. The Kier molecular flexibility index (Phi) is 3.95. The maximum Gasteiger partial charge on any atom is 0.240 e. The molecule has 8 heteroatoms. The average molecular weight is 320 g/mol. The Hall–Kier alpha value is -2.19. The highest BCUT2D eigenvalue weighted by Crippen LogP contribution is 2.14. The van der Waals surface area contributed by atoms with Crippen LogP contribution in [0, 0.1) is 0 Å². The van der Waals surface area contributed by atoms with E-state index in [-0.39, 0.29) is 18.2 Å². The number of benzene rings is 1. The lowest BCUT2D eigenvalue weighted by molar-refractivity contribution is -0.116. The first-order valence-corrected chi connectivity index (χ1v) is 8.54. The van der Waals surface area contributed by atoms with Crippen LogP contribution in [-0.2, 0) is 14.8 Å². The van der Waals surface area contributed by atoms with Crippen molar-refractivity contribution < 1.29 is 13.2 Å². The van der Waals surface area contributed by atoms with Crippen molar-refractivity contribution in [2.24, 2.45) is 0 Å². The smallest absolute Gasteiger partial charge is 0.240 e. The molecule has 116 valence electrons. The molecule has 0 radical (unpaired) electrons. The number of hydrogen-bond acceptors (Lipinski definition) is 4. The number of anilines is 1. The first-order valence-electron chi connectivity index (χ1n) is 6.93. The van der Waals surface area contributed by atoms with E-state index in [4.69, 9.17) is 0 Å². The van der Waals surface area contributed by atoms with Gasteiger partial charge in [-0.15, -0.1) is 0 Å². The van der Waals surface area contributed by atoms with Crippen LogP contribution < -0.4 is 5.32 Å². The number of hydrogen-bond donors (Lipinski definition) is 1. The Morgan fingerprint density at radius 2 is 2.00 bits per heavy atom. The molecule has 0 spiro atoms. The summed E-state index contributed by atoms with van der Waals surface area (Å²) in [6.45, 7) is 0.231. The molecule has 1 saturated heterocycles. The molecule has 1 aliphatic rings. The minimum Gasteiger partial charge on any atom is -0.308 e. The van der Waals surface area contributed by atoms with Gasteiger partial charge >= 0.3 is 0 Å². The van der Waals surface area contributed by atoms with Crippen molar-refractivity contribution in [1.29, 1.82) is 0 Å². The molecule has 0 aliphatic carbocycles. The van der Waals surface area contributed by atoms with Crippen LogP contribution in [0.3, 0.4) is 0 Å². The second kappa shape index (κ2) is 5.90. The molecule has 1 aromatic heterocycles. The van der Waals surface area contributed by atoms with E-state index >= 15 is 0 Å². The van der Waals surface area contributed by atoms with Crippen LogP contribution in [0.1, 0.15) is 6.42 Å². The Bertz CT molecular complexity index is 770. The first kappa shape index (κ1) is 14.7. The fourth-order valence-electron chi connectivity index (χ4n) is 2.33. The molecule has 1 N–H and O–H groups in total. The quantitative estimate of drug-likeness (QED) is 0.905. The second-order valence-electron chi connectivity index (χ2n) is 5.03. The van der Waals surface area contributed by atoms with Gasteiger partial charge in [-0.1, -0.05) is 18.2 Å². The molecular formula is C14H16N4O3S. The third-order valence-electron chi connectivity index (χ3n) is 3.40. The van der Waals surface area contributed by atoms with E-state index in [9.17, 15) is 13.2 Å². The topological polar surface area (TPSA) is 84.3 Å². The monoisotopic (exact) mass is 320 g/mol. The van der Waals surface area contributed by atoms with Gasteiger partial charge in [-0.05, 0) is 18.6 Å². The average Bonchev–Trinajstić information content (AvgIpc) is 3.07. The van der Waals surface area contributed by atoms with Gasteiger partial charge in [-0.25, -0.2) is 13.1 Å². The zero-order valence-electron chi connectivity index (χ0n) is 11.8. The highest BCUT2D eigenvalue weighted by Gasteiger charge is 2.29. The Morgan fingerprint density at radius 3 is 2.68 bits per heavy atom. The van der Waals surface area contributed by atoms with Gasteiger partial charge in [-0.3, -0.25) is 4.79 Å². The van der Waals surface area contributed by atoms with E-state index in [2.05, 4.69) is 10.4 Å². The zero-order valence-corrected chi connectivity index (χ0v) is 12.7. The number of nitrogens with zero attached hydrogens (tertiary/aromatic N) is 3. The van der Waals surface area contributed by atoms with Gasteiger partial charge in [-0.2, -0.15) is 9.40 Å². The van der Waals surface area contributed by atoms with Gasteiger partial charge in [0.2, 0.25) is 15.9 Å². The molecule has 7 nitrogen and oxygen atoms in total. The van der Waals surface area contributed by atoms with Crippen molar-refractivity contribution in [1.82, 2.24) is 14.1 Å². The predicted molar refractivity (Wildman–Crippen MR) is 82.2 cm³/mol. The van der Waals surface area contributed by atoms with Crippen molar-refractivity contribution in [2.45, 2.75) is 6.42 Å². The largest absolute Gasteiger partial charge is 0.308 e. The summed E-state index contributed by atoms with van der Waals surface area (Å²) >= 11 is 0. The van der Waals surface area contributed by atoms with E-state index in [0.29, 0.717) is 18.8 Å². The van der Waals surface area contributed by atoms with E-state index < -0.39 is 10.0 Å². The lowest BCUT2D eigenvalue weighted by Gasteiger charge is -2.12. The summed E-state index contributed by atoms with van der Waals surface area (Å²) in [4.78, 5) is 11.9. The van der Waals surface area contributed by atoms with Crippen molar-refractivity contribution >= 4 is 21.7 Å². The molecule has 0 saturated carbocycles. The summed E-state index contributed by atoms with van der Waals surface area (Å²) < 4.78 is 26.2. The van der Waals surface area contributed by atoms with Crippen LogP contribution >= 0.6 is 0 Å². The molecule has 3 rings (SSSR count). The van der Waals surface area contributed by atoms with E-state index in [1.807, 2.05) is 30.3 Å². The number of nitrogens with one attached hydrogen (secondary N) is 1. The summed E-state index contributed by atoms with van der Waals surface area (Å²) in [7, 11) is -3.27. The van der Waals surface area contributed by atoms with Gasteiger partial charge in [0.25, 0.3) is 0 Å². The Balaban J connectivity index is 1.64.